The molecule has 1 aliphatic rings. The molecule has 5 nitrogen and oxygen atoms in total. The first-order chi connectivity index (χ1) is 12.7. The Hall–Kier alpha value is -2.53. The summed E-state index contributed by atoms with van der Waals surface area (Å²) in [6.45, 7) is 5.06. The molecule has 0 bridgehead atoms. The molecule has 0 radical (unpaired) electrons. The van der Waals surface area contributed by atoms with Crippen molar-refractivity contribution >= 4 is 23.0 Å². The predicted molar refractivity (Wildman–Crippen MR) is 106 cm³/mol. The van der Waals surface area contributed by atoms with Gasteiger partial charge in [-0.1, -0.05) is 18.2 Å². The first-order valence-corrected chi connectivity index (χ1v) is 9.21. The van der Waals surface area contributed by atoms with Gasteiger partial charge < -0.3 is 15.0 Å². The summed E-state index contributed by atoms with van der Waals surface area (Å²) >= 11 is 0. The Kier molecular flexibility index (Phi) is 6.50. The molecule has 1 saturated heterocycles. The molecule has 0 saturated carbocycles. The van der Waals surface area contributed by atoms with Gasteiger partial charge in [0.2, 0.25) is 0 Å². The second-order valence-electron chi connectivity index (χ2n) is 6.55. The molecule has 2 aromatic rings. The maximum absolute atomic E-state index is 11.2. The van der Waals surface area contributed by atoms with E-state index < -0.39 is 0 Å². The Morgan fingerprint density at radius 2 is 1.62 bits per heavy atom. The number of nitrogens with zero attached hydrogens (tertiary/aromatic N) is 2. The van der Waals surface area contributed by atoms with Gasteiger partial charge in [-0.25, -0.2) is 0 Å². The van der Waals surface area contributed by atoms with Gasteiger partial charge in [0.25, 0.3) is 0 Å². The normalized spacial score (nSPS) is 14.9. The number of esters is 1. The maximum atomic E-state index is 11.2. The van der Waals surface area contributed by atoms with Crippen LogP contribution < -0.4 is 10.2 Å². The van der Waals surface area contributed by atoms with Crippen LogP contribution in [-0.4, -0.2) is 50.7 Å². The molecule has 1 fully saturated rings. The maximum Gasteiger partial charge on any atom is 0.305 e. The van der Waals surface area contributed by atoms with Gasteiger partial charge in [0, 0.05) is 49.7 Å². The molecule has 1 aliphatic heterocycles. The monoisotopic (exact) mass is 353 g/mol. The summed E-state index contributed by atoms with van der Waals surface area (Å²) in [6, 6.07) is 18.8. The fraction of sp³-hybridized carbons (Fsp3) is 0.381. The van der Waals surface area contributed by atoms with E-state index in [1.807, 2.05) is 18.2 Å². The third-order valence-corrected chi connectivity index (χ3v) is 4.75. The van der Waals surface area contributed by atoms with Crippen LogP contribution in [0.25, 0.3) is 0 Å². The fourth-order valence-electron chi connectivity index (χ4n) is 3.22. The van der Waals surface area contributed by atoms with Crippen LogP contribution in [-0.2, 0) is 9.53 Å². The van der Waals surface area contributed by atoms with Crippen LogP contribution in [0.5, 0.6) is 0 Å². The summed E-state index contributed by atoms with van der Waals surface area (Å²) in [5, 5.41) is 3.41. The minimum Gasteiger partial charge on any atom is -0.469 e. The third-order valence-electron chi connectivity index (χ3n) is 4.75. The van der Waals surface area contributed by atoms with Crippen LogP contribution in [0.2, 0.25) is 0 Å². The smallest absolute Gasteiger partial charge is 0.305 e. The van der Waals surface area contributed by atoms with Crippen LogP contribution in [0.1, 0.15) is 12.8 Å². The largest absolute Gasteiger partial charge is 0.469 e. The van der Waals surface area contributed by atoms with Crippen molar-refractivity contribution in [2.24, 2.45) is 0 Å². The Labute approximate surface area is 155 Å². The first-order valence-electron chi connectivity index (χ1n) is 9.21. The van der Waals surface area contributed by atoms with E-state index in [-0.39, 0.29) is 5.97 Å². The highest BCUT2D eigenvalue weighted by Gasteiger charge is 2.17. The lowest BCUT2D eigenvalue weighted by Crippen LogP contribution is -2.46. The molecule has 0 spiro atoms. The first kappa shape index (κ1) is 18.3. The number of hydrogen-bond acceptors (Lipinski definition) is 5. The number of ether oxygens (including phenoxy) is 1. The van der Waals surface area contributed by atoms with E-state index in [2.05, 4.69) is 51.5 Å². The Balaban J connectivity index is 1.45. The van der Waals surface area contributed by atoms with Crippen molar-refractivity contribution in [2.75, 3.05) is 50.1 Å². The number of nitrogens with one attached hydrogen (secondary N) is 1. The Morgan fingerprint density at radius 1 is 0.962 bits per heavy atom. The van der Waals surface area contributed by atoms with E-state index in [1.54, 1.807) is 0 Å². The van der Waals surface area contributed by atoms with E-state index in [0.717, 1.165) is 50.5 Å². The molecule has 1 heterocycles. The predicted octanol–water partition coefficient (Wildman–Crippen LogP) is 3.51. The molecule has 0 unspecified atom stereocenters. The Morgan fingerprint density at radius 3 is 2.27 bits per heavy atom. The quantitative estimate of drug-likeness (QED) is 0.772. The van der Waals surface area contributed by atoms with Gasteiger partial charge in [0.05, 0.1) is 7.11 Å². The molecular weight excluding hydrogens is 326 g/mol. The summed E-state index contributed by atoms with van der Waals surface area (Å²) in [6.07, 6.45) is 1.37. The average Bonchev–Trinajstić information content (AvgIpc) is 2.70. The van der Waals surface area contributed by atoms with Gasteiger partial charge in [0.15, 0.2) is 0 Å². The van der Waals surface area contributed by atoms with Gasteiger partial charge in [-0.15, -0.1) is 0 Å². The lowest BCUT2D eigenvalue weighted by Gasteiger charge is -2.36. The molecule has 0 atom stereocenters. The molecule has 0 aromatic heterocycles. The molecule has 26 heavy (non-hydrogen) atoms. The number of carbonyl (C=O) groups excluding carboxylic acids is 1. The number of rotatable bonds is 7. The van der Waals surface area contributed by atoms with Gasteiger partial charge in [0.1, 0.15) is 0 Å². The van der Waals surface area contributed by atoms with Crippen molar-refractivity contribution < 1.29 is 9.53 Å². The van der Waals surface area contributed by atoms with Crippen molar-refractivity contribution in [1.82, 2.24) is 4.90 Å². The van der Waals surface area contributed by atoms with E-state index in [0.29, 0.717) is 6.42 Å². The van der Waals surface area contributed by atoms with Gasteiger partial charge in [-0.2, -0.15) is 0 Å². The molecule has 1 N–H and O–H groups in total. The van der Waals surface area contributed by atoms with Crippen LogP contribution in [0.15, 0.2) is 54.6 Å². The Bertz CT molecular complexity index is 680. The van der Waals surface area contributed by atoms with Crippen LogP contribution in [0.4, 0.5) is 17.1 Å². The number of para-hydroxylation sites is 1. The van der Waals surface area contributed by atoms with Gasteiger partial charge in [-0.05, 0) is 49.4 Å². The van der Waals surface area contributed by atoms with Gasteiger partial charge >= 0.3 is 5.97 Å². The van der Waals surface area contributed by atoms with Crippen molar-refractivity contribution in [2.45, 2.75) is 12.8 Å². The molecule has 138 valence electrons. The zero-order valence-corrected chi connectivity index (χ0v) is 15.4. The van der Waals surface area contributed by atoms with Crippen LogP contribution >= 0.6 is 0 Å². The molecular formula is C21H27N3O2. The second kappa shape index (κ2) is 9.25. The standard InChI is InChI=1S/C21H27N3O2/c1-26-21(25)8-5-13-23-14-16-24(17-15-23)20-11-9-19(10-12-20)22-18-6-3-2-4-7-18/h2-4,6-7,9-12,22H,5,8,13-17H2,1H3. The summed E-state index contributed by atoms with van der Waals surface area (Å²) in [5.74, 6) is -0.118. The highest BCUT2D eigenvalue weighted by Crippen LogP contribution is 2.22. The lowest BCUT2D eigenvalue weighted by molar-refractivity contribution is -0.140. The highest BCUT2D eigenvalue weighted by atomic mass is 16.5. The van der Waals surface area contributed by atoms with Crippen LogP contribution in [0, 0.1) is 0 Å². The van der Waals surface area contributed by atoms with E-state index >= 15 is 0 Å². The van der Waals surface area contributed by atoms with Crippen molar-refractivity contribution in [3.63, 3.8) is 0 Å². The highest BCUT2D eigenvalue weighted by molar-refractivity contribution is 5.69. The number of methoxy groups -OCH3 is 1. The van der Waals surface area contributed by atoms with Crippen molar-refractivity contribution in [1.29, 1.82) is 0 Å². The lowest BCUT2D eigenvalue weighted by atomic mass is 10.2. The molecule has 0 amide bonds. The van der Waals surface area contributed by atoms with Crippen LogP contribution in [0.3, 0.4) is 0 Å². The summed E-state index contributed by atoms with van der Waals surface area (Å²) in [4.78, 5) is 16.0. The zero-order valence-electron chi connectivity index (χ0n) is 15.4. The minimum absolute atomic E-state index is 0.118. The molecule has 3 rings (SSSR count). The number of carbonyl (C=O) groups is 1. The fourth-order valence-corrected chi connectivity index (χ4v) is 3.22. The SMILES string of the molecule is COC(=O)CCCN1CCN(c2ccc(Nc3ccccc3)cc2)CC1. The summed E-state index contributed by atoms with van der Waals surface area (Å²) in [5.41, 5.74) is 3.46. The minimum atomic E-state index is -0.118. The van der Waals surface area contributed by atoms with Gasteiger partial charge in [-0.3, -0.25) is 9.69 Å². The summed E-state index contributed by atoms with van der Waals surface area (Å²) < 4.78 is 4.69. The molecule has 0 aliphatic carbocycles. The number of piperazine rings is 1. The van der Waals surface area contributed by atoms with Crippen molar-refractivity contribution in [3.05, 3.63) is 54.6 Å². The third kappa shape index (κ3) is 5.23. The topological polar surface area (TPSA) is 44.8 Å². The van der Waals surface area contributed by atoms with Crippen molar-refractivity contribution in [3.8, 4) is 0 Å². The second-order valence-corrected chi connectivity index (χ2v) is 6.55. The number of anilines is 3. The molecule has 2 aromatic carbocycles. The molecule has 5 heteroatoms. The average molecular weight is 353 g/mol. The van der Waals surface area contributed by atoms with E-state index in [4.69, 9.17) is 4.74 Å². The number of hydrogen-bond donors (Lipinski definition) is 1. The van der Waals surface area contributed by atoms with E-state index in [9.17, 15) is 4.79 Å². The zero-order chi connectivity index (χ0) is 18.2. The summed E-state index contributed by atoms with van der Waals surface area (Å²) in [7, 11) is 1.45. The van der Waals surface area contributed by atoms with E-state index in [1.165, 1.54) is 12.8 Å². The number of benzene rings is 2.